The summed E-state index contributed by atoms with van der Waals surface area (Å²) in [5.74, 6) is -1.16. The van der Waals surface area contributed by atoms with Crippen LogP contribution in [0.15, 0.2) is 0 Å². The Hall–Kier alpha value is -1.10. The number of carbonyl (C=O) groups excluding carboxylic acids is 1. The van der Waals surface area contributed by atoms with Gasteiger partial charge >= 0.3 is 5.97 Å². The van der Waals surface area contributed by atoms with Crippen molar-refractivity contribution >= 4 is 11.9 Å². The molecule has 2 rings (SSSR count). The molecule has 0 aliphatic carbocycles. The largest absolute Gasteiger partial charge is 0.481 e. The van der Waals surface area contributed by atoms with Gasteiger partial charge in [0.05, 0.1) is 12.3 Å². The van der Waals surface area contributed by atoms with Crippen LogP contribution in [0.5, 0.6) is 0 Å². The van der Waals surface area contributed by atoms with Crippen molar-refractivity contribution in [2.24, 2.45) is 5.92 Å². The summed E-state index contributed by atoms with van der Waals surface area (Å²) >= 11 is 0. The number of carboxylic acids is 1. The van der Waals surface area contributed by atoms with Gasteiger partial charge in [-0.05, 0) is 19.3 Å². The Bertz CT molecular complexity index is 286. The molecule has 0 saturated carbocycles. The molecular weight excluding hydrogens is 210 g/mol. The van der Waals surface area contributed by atoms with Crippen molar-refractivity contribution in [3.8, 4) is 0 Å². The highest BCUT2D eigenvalue weighted by atomic mass is 16.5. The number of ether oxygens (including phenoxy) is 1. The average Bonchev–Trinajstić information content (AvgIpc) is 2.61. The third-order valence-electron chi connectivity index (χ3n) is 3.40. The minimum atomic E-state index is -0.882. The molecule has 90 valence electrons. The van der Waals surface area contributed by atoms with Crippen molar-refractivity contribution in [3.63, 3.8) is 0 Å². The van der Waals surface area contributed by atoms with Crippen molar-refractivity contribution in [1.82, 2.24) is 4.90 Å². The second-order valence-electron chi connectivity index (χ2n) is 4.46. The summed E-state index contributed by atoms with van der Waals surface area (Å²) in [4.78, 5) is 24.4. The molecule has 0 bridgehead atoms. The number of hydrogen-bond acceptors (Lipinski definition) is 3. The maximum atomic E-state index is 12.0. The minimum Gasteiger partial charge on any atom is -0.481 e. The Morgan fingerprint density at radius 1 is 1.38 bits per heavy atom. The molecular formula is C11H17NO4. The summed E-state index contributed by atoms with van der Waals surface area (Å²) in [5.41, 5.74) is 0. The molecule has 2 aliphatic rings. The number of rotatable bonds is 3. The third kappa shape index (κ3) is 2.35. The van der Waals surface area contributed by atoms with Gasteiger partial charge in [-0.2, -0.15) is 0 Å². The monoisotopic (exact) mass is 227 g/mol. The molecule has 2 aliphatic heterocycles. The van der Waals surface area contributed by atoms with Crippen LogP contribution in [0.1, 0.15) is 25.7 Å². The van der Waals surface area contributed by atoms with E-state index >= 15 is 0 Å². The number of likely N-dealkylation sites (tertiary alicyclic amines) is 1. The Balaban J connectivity index is 1.92. The first-order valence-electron chi connectivity index (χ1n) is 5.78. The first-order valence-corrected chi connectivity index (χ1v) is 5.78. The van der Waals surface area contributed by atoms with E-state index in [4.69, 9.17) is 9.84 Å². The highest BCUT2D eigenvalue weighted by Gasteiger charge is 2.37. The maximum absolute atomic E-state index is 12.0. The van der Waals surface area contributed by atoms with Crippen LogP contribution in [0, 0.1) is 5.92 Å². The summed E-state index contributed by atoms with van der Waals surface area (Å²) in [6.45, 7) is 2.12. The molecule has 0 aromatic heterocycles. The molecule has 0 aromatic carbocycles. The van der Waals surface area contributed by atoms with Crippen LogP contribution in [0.3, 0.4) is 0 Å². The summed E-state index contributed by atoms with van der Waals surface area (Å²) < 4.78 is 5.25. The molecule has 0 spiro atoms. The van der Waals surface area contributed by atoms with E-state index in [9.17, 15) is 9.59 Å². The lowest BCUT2D eigenvalue weighted by Crippen LogP contribution is -2.41. The zero-order valence-corrected chi connectivity index (χ0v) is 9.22. The predicted octanol–water partition coefficient (Wildman–Crippen LogP) is 0.489. The summed E-state index contributed by atoms with van der Waals surface area (Å²) in [6.07, 6.45) is 2.41. The van der Waals surface area contributed by atoms with Crippen molar-refractivity contribution in [3.05, 3.63) is 0 Å². The number of carboxylic acid groups (broad SMARTS) is 1. The maximum Gasteiger partial charge on any atom is 0.304 e. The van der Waals surface area contributed by atoms with Gasteiger partial charge in [-0.1, -0.05) is 0 Å². The molecule has 2 saturated heterocycles. The molecule has 1 N–H and O–H groups in total. The quantitative estimate of drug-likeness (QED) is 0.762. The Morgan fingerprint density at radius 2 is 2.06 bits per heavy atom. The zero-order chi connectivity index (χ0) is 11.5. The molecule has 2 heterocycles. The van der Waals surface area contributed by atoms with E-state index in [-0.39, 0.29) is 24.3 Å². The van der Waals surface area contributed by atoms with Gasteiger partial charge in [0.2, 0.25) is 5.91 Å². The second kappa shape index (κ2) is 4.82. The molecule has 1 unspecified atom stereocenters. The van der Waals surface area contributed by atoms with E-state index in [0.29, 0.717) is 26.2 Å². The van der Waals surface area contributed by atoms with Crippen molar-refractivity contribution in [2.75, 3.05) is 19.8 Å². The van der Waals surface area contributed by atoms with Gasteiger partial charge in [0, 0.05) is 25.8 Å². The zero-order valence-electron chi connectivity index (χ0n) is 9.22. The molecule has 16 heavy (non-hydrogen) atoms. The van der Waals surface area contributed by atoms with Crippen LogP contribution in [-0.2, 0) is 14.3 Å². The van der Waals surface area contributed by atoms with Crippen molar-refractivity contribution in [2.45, 2.75) is 31.7 Å². The lowest BCUT2D eigenvalue weighted by Gasteiger charge is -2.31. The van der Waals surface area contributed by atoms with Crippen LogP contribution in [0.4, 0.5) is 0 Å². The smallest absolute Gasteiger partial charge is 0.304 e. The second-order valence-corrected chi connectivity index (χ2v) is 4.46. The van der Waals surface area contributed by atoms with E-state index in [1.165, 1.54) is 0 Å². The van der Waals surface area contributed by atoms with E-state index in [1.54, 1.807) is 0 Å². The fourth-order valence-corrected chi connectivity index (χ4v) is 2.52. The lowest BCUT2D eigenvalue weighted by atomic mass is 10.0. The van der Waals surface area contributed by atoms with Gasteiger partial charge in [0.25, 0.3) is 0 Å². The van der Waals surface area contributed by atoms with Crippen LogP contribution in [-0.4, -0.2) is 47.7 Å². The number of amides is 1. The summed E-state index contributed by atoms with van der Waals surface area (Å²) in [5, 5.41) is 8.70. The molecule has 0 radical (unpaired) electrons. The topological polar surface area (TPSA) is 66.8 Å². The predicted molar refractivity (Wildman–Crippen MR) is 55.9 cm³/mol. The average molecular weight is 227 g/mol. The third-order valence-corrected chi connectivity index (χ3v) is 3.40. The highest BCUT2D eigenvalue weighted by Crippen LogP contribution is 2.26. The standard InChI is InChI=1S/C11H17NO4/c13-10(14)7-8-1-4-12(11(8)15)9-2-5-16-6-3-9/h8-9H,1-7H2,(H,13,14). The van der Waals surface area contributed by atoms with Gasteiger partial charge in [0.15, 0.2) is 0 Å². The number of nitrogens with zero attached hydrogens (tertiary/aromatic N) is 1. The first kappa shape index (κ1) is 11.4. The number of aliphatic carboxylic acids is 1. The number of carbonyl (C=O) groups is 2. The van der Waals surface area contributed by atoms with E-state index in [1.807, 2.05) is 4.90 Å². The van der Waals surface area contributed by atoms with Crippen LogP contribution >= 0.6 is 0 Å². The Kier molecular flexibility index (Phi) is 3.43. The summed E-state index contributed by atoms with van der Waals surface area (Å²) in [6, 6.07) is 0.264. The van der Waals surface area contributed by atoms with Gasteiger partial charge in [-0.25, -0.2) is 0 Å². The van der Waals surface area contributed by atoms with E-state index < -0.39 is 5.97 Å². The molecule has 1 atom stereocenters. The van der Waals surface area contributed by atoms with Gasteiger partial charge in [-0.3, -0.25) is 9.59 Å². The fraction of sp³-hybridized carbons (Fsp3) is 0.818. The van der Waals surface area contributed by atoms with Gasteiger partial charge in [-0.15, -0.1) is 0 Å². The molecule has 1 amide bonds. The highest BCUT2D eigenvalue weighted by molar-refractivity contribution is 5.85. The van der Waals surface area contributed by atoms with Crippen molar-refractivity contribution < 1.29 is 19.4 Å². The lowest BCUT2D eigenvalue weighted by molar-refractivity contribution is -0.143. The summed E-state index contributed by atoms with van der Waals surface area (Å²) in [7, 11) is 0. The van der Waals surface area contributed by atoms with E-state index in [0.717, 1.165) is 12.8 Å². The minimum absolute atomic E-state index is 0.0225. The molecule has 2 fully saturated rings. The fourth-order valence-electron chi connectivity index (χ4n) is 2.52. The van der Waals surface area contributed by atoms with E-state index in [2.05, 4.69) is 0 Å². The van der Waals surface area contributed by atoms with Crippen LogP contribution in [0.25, 0.3) is 0 Å². The van der Waals surface area contributed by atoms with Crippen LogP contribution < -0.4 is 0 Å². The molecule has 0 aromatic rings. The van der Waals surface area contributed by atoms with Gasteiger partial charge in [0.1, 0.15) is 0 Å². The normalized spacial score (nSPS) is 27.4. The molecule has 5 nitrogen and oxygen atoms in total. The van der Waals surface area contributed by atoms with Gasteiger partial charge < -0.3 is 14.7 Å². The van der Waals surface area contributed by atoms with Crippen LogP contribution in [0.2, 0.25) is 0 Å². The Morgan fingerprint density at radius 3 is 2.69 bits per heavy atom. The molecule has 5 heteroatoms. The Labute approximate surface area is 94.4 Å². The number of hydrogen-bond donors (Lipinski definition) is 1. The van der Waals surface area contributed by atoms with Crippen molar-refractivity contribution in [1.29, 1.82) is 0 Å². The SMILES string of the molecule is O=C(O)CC1CCN(C2CCOCC2)C1=O. The first-order chi connectivity index (χ1) is 7.68.